The highest BCUT2D eigenvalue weighted by molar-refractivity contribution is 5.28. The fourth-order valence-electron chi connectivity index (χ4n) is 2.22. The lowest BCUT2D eigenvalue weighted by Gasteiger charge is -2.30. The standard InChI is InChI=1S/C13H19NO/c1-10-5-3-4-6-12(10)13-9-11(14-2)7-8-15-13/h3-6,11,13-14H,7-9H2,1-2H3. The largest absolute Gasteiger partial charge is 0.373 e. The summed E-state index contributed by atoms with van der Waals surface area (Å²) in [7, 11) is 2.03. The summed E-state index contributed by atoms with van der Waals surface area (Å²) in [5, 5.41) is 3.34. The fraction of sp³-hybridized carbons (Fsp3) is 0.538. The van der Waals surface area contributed by atoms with Crippen LogP contribution in [0.1, 0.15) is 30.1 Å². The lowest BCUT2D eigenvalue weighted by atomic mass is 9.95. The average molecular weight is 205 g/mol. The van der Waals surface area contributed by atoms with Crippen LogP contribution in [0.2, 0.25) is 0 Å². The first-order valence-electron chi connectivity index (χ1n) is 5.65. The molecule has 1 N–H and O–H groups in total. The van der Waals surface area contributed by atoms with E-state index in [0.29, 0.717) is 6.04 Å². The number of hydrogen-bond donors (Lipinski definition) is 1. The van der Waals surface area contributed by atoms with Crippen LogP contribution < -0.4 is 5.32 Å². The van der Waals surface area contributed by atoms with E-state index in [4.69, 9.17) is 4.74 Å². The average Bonchev–Trinajstić information content (AvgIpc) is 2.30. The van der Waals surface area contributed by atoms with Crippen LogP contribution in [0.3, 0.4) is 0 Å². The summed E-state index contributed by atoms with van der Waals surface area (Å²) in [5.41, 5.74) is 2.68. The Morgan fingerprint density at radius 1 is 1.33 bits per heavy atom. The van der Waals surface area contributed by atoms with Crippen LogP contribution in [-0.4, -0.2) is 19.7 Å². The van der Waals surface area contributed by atoms with Crippen molar-refractivity contribution in [1.29, 1.82) is 0 Å². The molecule has 0 radical (unpaired) electrons. The SMILES string of the molecule is CNC1CCOC(c2ccccc2C)C1. The number of benzene rings is 1. The molecule has 0 bridgehead atoms. The second-order valence-corrected chi connectivity index (χ2v) is 4.23. The molecule has 2 heteroatoms. The van der Waals surface area contributed by atoms with E-state index in [-0.39, 0.29) is 6.10 Å². The van der Waals surface area contributed by atoms with Gasteiger partial charge in [-0.3, -0.25) is 0 Å². The molecule has 0 aliphatic carbocycles. The highest BCUT2D eigenvalue weighted by Gasteiger charge is 2.23. The Morgan fingerprint density at radius 2 is 2.13 bits per heavy atom. The van der Waals surface area contributed by atoms with E-state index in [1.54, 1.807) is 0 Å². The molecule has 1 aliphatic heterocycles. The highest BCUT2D eigenvalue weighted by atomic mass is 16.5. The number of hydrogen-bond acceptors (Lipinski definition) is 2. The minimum Gasteiger partial charge on any atom is -0.373 e. The summed E-state index contributed by atoms with van der Waals surface area (Å²) >= 11 is 0. The fourth-order valence-corrected chi connectivity index (χ4v) is 2.22. The molecule has 0 aromatic heterocycles. The maximum absolute atomic E-state index is 5.84. The van der Waals surface area contributed by atoms with Gasteiger partial charge in [0.15, 0.2) is 0 Å². The van der Waals surface area contributed by atoms with Gasteiger partial charge in [0.25, 0.3) is 0 Å². The molecule has 0 saturated carbocycles. The zero-order valence-corrected chi connectivity index (χ0v) is 9.49. The van der Waals surface area contributed by atoms with E-state index in [1.807, 2.05) is 7.05 Å². The first-order valence-corrected chi connectivity index (χ1v) is 5.65. The van der Waals surface area contributed by atoms with Gasteiger partial charge in [-0.25, -0.2) is 0 Å². The minimum absolute atomic E-state index is 0.275. The molecule has 0 amide bonds. The number of nitrogens with one attached hydrogen (secondary N) is 1. The molecule has 1 aromatic rings. The van der Waals surface area contributed by atoms with Gasteiger partial charge >= 0.3 is 0 Å². The third-order valence-corrected chi connectivity index (χ3v) is 3.23. The summed E-state index contributed by atoms with van der Waals surface area (Å²) < 4.78 is 5.84. The summed E-state index contributed by atoms with van der Waals surface area (Å²) in [6.45, 7) is 3.02. The van der Waals surface area contributed by atoms with Gasteiger partial charge in [-0.2, -0.15) is 0 Å². The number of ether oxygens (including phenoxy) is 1. The van der Waals surface area contributed by atoms with E-state index in [9.17, 15) is 0 Å². The molecule has 2 unspecified atom stereocenters. The monoisotopic (exact) mass is 205 g/mol. The van der Waals surface area contributed by atoms with Gasteiger partial charge in [0.05, 0.1) is 6.10 Å². The van der Waals surface area contributed by atoms with Crippen LogP contribution in [0.25, 0.3) is 0 Å². The third-order valence-electron chi connectivity index (χ3n) is 3.23. The second-order valence-electron chi connectivity index (χ2n) is 4.23. The van der Waals surface area contributed by atoms with Crippen molar-refractivity contribution in [2.24, 2.45) is 0 Å². The molecular weight excluding hydrogens is 186 g/mol. The van der Waals surface area contributed by atoms with Crippen molar-refractivity contribution in [3.05, 3.63) is 35.4 Å². The topological polar surface area (TPSA) is 21.3 Å². The predicted octanol–water partition coefficient (Wildman–Crippen LogP) is 2.43. The van der Waals surface area contributed by atoms with Crippen LogP contribution in [-0.2, 0) is 4.74 Å². The van der Waals surface area contributed by atoms with Gasteiger partial charge in [-0.05, 0) is 37.9 Å². The third kappa shape index (κ3) is 2.39. The molecule has 2 nitrogen and oxygen atoms in total. The molecule has 15 heavy (non-hydrogen) atoms. The minimum atomic E-state index is 0.275. The summed E-state index contributed by atoms with van der Waals surface area (Å²) in [4.78, 5) is 0. The zero-order valence-electron chi connectivity index (χ0n) is 9.49. The normalized spacial score (nSPS) is 26.5. The van der Waals surface area contributed by atoms with E-state index >= 15 is 0 Å². The Hall–Kier alpha value is -0.860. The van der Waals surface area contributed by atoms with Crippen molar-refractivity contribution in [1.82, 2.24) is 5.32 Å². The van der Waals surface area contributed by atoms with Crippen molar-refractivity contribution in [2.75, 3.05) is 13.7 Å². The maximum Gasteiger partial charge on any atom is 0.0842 e. The second kappa shape index (κ2) is 4.77. The smallest absolute Gasteiger partial charge is 0.0842 e. The van der Waals surface area contributed by atoms with Gasteiger partial charge in [-0.1, -0.05) is 24.3 Å². The van der Waals surface area contributed by atoms with Crippen molar-refractivity contribution in [2.45, 2.75) is 31.9 Å². The molecule has 82 valence electrons. The van der Waals surface area contributed by atoms with Crippen LogP contribution in [0.4, 0.5) is 0 Å². The quantitative estimate of drug-likeness (QED) is 0.800. The molecule has 0 spiro atoms. The number of rotatable bonds is 2. The lowest BCUT2D eigenvalue weighted by Crippen LogP contribution is -2.33. The zero-order chi connectivity index (χ0) is 10.7. The van der Waals surface area contributed by atoms with Gasteiger partial charge in [0.1, 0.15) is 0 Å². The molecule has 1 aromatic carbocycles. The Kier molecular flexibility index (Phi) is 3.39. The lowest BCUT2D eigenvalue weighted by molar-refractivity contribution is 0.00121. The Labute approximate surface area is 91.6 Å². The van der Waals surface area contributed by atoms with Crippen LogP contribution in [0.5, 0.6) is 0 Å². The molecule has 2 rings (SSSR count). The highest BCUT2D eigenvalue weighted by Crippen LogP contribution is 2.29. The van der Waals surface area contributed by atoms with Crippen LogP contribution in [0, 0.1) is 6.92 Å². The van der Waals surface area contributed by atoms with Gasteiger partial charge < -0.3 is 10.1 Å². The number of aryl methyl sites for hydroxylation is 1. The van der Waals surface area contributed by atoms with Crippen LogP contribution in [0.15, 0.2) is 24.3 Å². The predicted molar refractivity (Wildman–Crippen MR) is 62.0 cm³/mol. The molecule has 1 saturated heterocycles. The summed E-state index contributed by atoms with van der Waals surface area (Å²) in [6.07, 6.45) is 2.48. The van der Waals surface area contributed by atoms with Gasteiger partial charge in [0.2, 0.25) is 0 Å². The van der Waals surface area contributed by atoms with Crippen LogP contribution >= 0.6 is 0 Å². The maximum atomic E-state index is 5.84. The Morgan fingerprint density at radius 3 is 2.87 bits per heavy atom. The molecular formula is C13H19NO. The van der Waals surface area contributed by atoms with E-state index in [1.165, 1.54) is 11.1 Å². The molecule has 2 atom stereocenters. The van der Waals surface area contributed by atoms with Crippen molar-refractivity contribution >= 4 is 0 Å². The molecule has 1 fully saturated rings. The van der Waals surface area contributed by atoms with Crippen molar-refractivity contribution in [3.8, 4) is 0 Å². The van der Waals surface area contributed by atoms with E-state index in [2.05, 4.69) is 36.5 Å². The van der Waals surface area contributed by atoms with Gasteiger partial charge in [0, 0.05) is 12.6 Å². The molecule has 1 heterocycles. The summed E-state index contributed by atoms with van der Waals surface area (Å²) in [6, 6.07) is 9.11. The van der Waals surface area contributed by atoms with E-state index in [0.717, 1.165) is 19.4 Å². The Balaban J connectivity index is 2.13. The first-order chi connectivity index (χ1) is 7.31. The Bertz CT molecular complexity index is 324. The van der Waals surface area contributed by atoms with Gasteiger partial charge in [-0.15, -0.1) is 0 Å². The molecule has 1 aliphatic rings. The van der Waals surface area contributed by atoms with Crippen molar-refractivity contribution < 1.29 is 4.74 Å². The van der Waals surface area contributed by atoms with E-state index < -0.39 is 0 Å². The summed E-state index contributed by atoms with van der Waals surface area (Å²) in [5.74, 6) is 0. The first kappa shape index (κ1) is 10.7. The van der Waals surface area contributed by atoms with Crippen molar-refractivity contribution in [3.63, 3.8) is 0 Å².